The van der Waals surface area contributed by atoms with Gasteiger partial charge in [0.05, 0.1) is 0 Å². The summed E-state index contributed by atoms with van der Waals surface area (Å²) < 4.78 is 0. The second-order valence-electron chi connectivity index (χ2n) is 7.01. The van der Waals surface area contributed by atoms with Crippen molar-refractivity contribution < 1.29 is 0 Å². The number of benzene rings is 1. The first-order valence-corrected chi connectivity index (χ1v) is 9.59. The topological polar surface area (TPSA) is 42.9 Å². The minimum atomic E-state index is 0. The average molecular weight is 473 g/mol. The predicted octanol–water partition coefficient (Wildman–Crippen LogP) is 3.30. The van der Waals surface area contributed by atoms with Gasteiger partial charge in [-0.2, -0.15) is 0 Å². The van der Waals surface area contributed by atoms with Crippen LogP contribution >= 0.6 is 24.0 Å². The lowest BCUT2D eigenvalue weighted by molar-refractivity contribution is 0.147. The van der Waals surface area contributed by atoms with E-state index in [9.17, 15) is 0 Å². The molecule has 1 saturated heterocycles. The molecule has 1 aliphatic heterocycles. The number of guanidine groups is 1. The Balaban J connectivity index is 0.00000338. The van der Waals surface area contributed by atoms with Crippen molar-refractivity contribution in [1.82, 2.24) is 15.5 Å². The second-order valence-corrected chi connectivity index (χ2v) is 7.01. The quantitative estimate of drug-likeness (QED) is 0.363. The molecule has 5 nitrogen and oxygen atoms in total. The molecular weight excluding hydrogens is 437 g/mol. The summed E-state index contributed by atoms with van der Waals surface area (Å²) in [4.78, 5) is 9.10. The van der Waals surface area contributed by atoms with Gasteiger partial charge in [0.2, 0.25) is 0 Å². The third kappa shape index (κ3) is 7.31. The maximum atomic E-state index is 4.35. The molecule has 2 rings (SSSR count). The van der Waals surface area contributed by atoms with E-state index in [0.717, 1.165) is 31.6 Å². The fraction of sp³-hybridized carbons (Fsp3) is 0.650. The Morgan fingerprint density at radius 1 is 1.27 bits per heavy atom. The Labute approximate surface area is 176 Å². The number of hydrogen-bond donors (Lipinski definition) is 2. The van der Waals surface area contributed by atoms with Crippen molar-refractivity contribution in [2.24, 2.45) is 4.99 Å². The fourth-order valence-corrected chi connectivity index (χ4v) is 3.49. The maximum Gasteiger partial charge on any atom is 0.191 e. The highest BCUT2D eigenvalue weighted by molar-refractivity contribution is 14.0. The van der Waals surface area contributed by atoms with Crippen LogP contribution in [0.15, 0.2) is 29.3 Å². The normalized spacial score (nSPS) is 18.2. The second kappa shape index (κ2) is 12.4. The summed E-state index contributed by atoms with van der Waals surface area (Å²) in [6, 6.07) is 9.34. The minimum absolute atomic E-state index is 0. The van der Waals surface area contributed by atoms with E-state index in [1.807, 2.05) is 7.05 Å². The Morgan fingerprint density at radius 3 is 2.77 bits per heavy atom. The Morgan fingerprint density at radius 2 is 2.08 bits per heavy atom. The lowest BCUT2D eigenvalue weighted by Gasteiger charge is -2.35. The van der Waals surface area contributed by atoms with Crippen LogP contribution in [0.4, 0.5) is 5.69 Å². The van der Waals surface area contributed by atoms with Crippen LogP contribution in [0.1, 0.15) is 38.2 Å². The summed E-state index contributed by atoms with van der Waals surface area (Å²) in [6.07, 6.45) is 5.34. The van der Waals surface area contributed by atoms with Crippen LogP contribution in [0.25, 0.3) is 0 Å². The van der Waals surface area contributed by atoms with Crippen LogP contribution in [-0.4, -0.2) is 57.7 Å². The van der Waals surface area contributed by atoms with Crippen molar-refractivity contribution in [3.8, 4) is 0 Å². The number of likely N-dealkylation sites (tertiary alicyclic amines) is 1. The highest BCUT2D eigenvalue weighted by atomic mass is 127. The van der Waals surface area contributed by atoms with E-state index in [1.54, 1.807) is 0 Å². The van der Waals surface area contributed by atoms with Crippen LogP contribution < -0.4 is 15.5 Å². The van der Waals surface area contributed by atoms with Gasteiger partial charge in [0.1, 0.15) is 0 Å². The molecule has 0 radical (unpaired) electrons. The van der Waals surface area contributed by atoms with Gasteiger partial charge in [0.25, 0.3) is 0 Å². The monoisotopic (exact) mass is 473 g/mol. The largest absolute Gasteiger partial charge is 0.378 e. The summed E-state index contributed by atoms with van der Waals surface area (Å²) in [5.41, 5.74) is 2.48. The van der Waals surface area contributed by atoms with Crippen LogP contribution in [0.3, 0.4) is 0 Å². The molecule has 0 saturated carbocycles. The van der Waals surface area contributed by atoms with Gasteiger partial charge < -0.3 is 15.5 Å². The number of nitrogens with one attached hydrogen (secondary N) is 2. The van der Waals surface area contributed by atoms with Crippen molar-refractivity contribution in [3.63, 3.8) is 0 Å². The first-order valence-electron chi connectivity index (χ1n) is 9.59. The molecule has 0 bridgehead atoms. The van der Waals surface area contributed by atoms with Crippen LogP contribution in [0.2, 0.25) is 0 Å². The number of rotatable bonds is 7. The van der Waals surface area contributed by atoms with Gasteiger partial charge in [-0.1, -0.05) is 25.5 Å². The molecule has 1 unspecified atom stereocenters. The Kier molecular flexibility index (Phi) is 11.0. The van der Waals surface area contributed by atoms with Gasteiger partial charge >= 0.3 is 0 Å². The van der Waals surface area contributed by atoms with Crippen LogP contribution in [0, 0.1) is 0 Å². The van der Waals surface area contributed by atoms with Gasteiger partial charge in [-0.25, -0.2) is 0 Å². The van der Waals surface area contributed by atoms with E-state index < -0.39 is 0 Å². The lowest BCUT2D eigenvalue weighted by atomic mass is 10.0. The van der Waals surface area contributed by atoms with Crippen molar-refractivity contribution in [3.05, 3.63) is 29.8 Å². The molecule has 0 aliphatic carbocycles. The number of aliphatic imine (C=N–C) groups is 1. The third-order valence-electron chi connectivity index (χ3n) is 5.02. The lowest BCUT2D eigenvalue weighted by Crippen LogP contribution is -2.45. The van der Waals surface area contributed by atoms with Crippen molar-refractivity contribution >= 4 is 35.6 Å². The maximum absolute atomic E-state index is 4.35. The molecule has 1 aliphatic rings. The van der Waals surface area contributed by atoms with E-state index in [-0.39, 0.29) is 24.0 Å². The van der Waals surface area contributed by atoms with E-state index in [1.165, 1.54) is 43.5 Å². The molecule has 0 spiro atoms. The predicted molar refractivity (Wildman–Crippen MR) is 124 cm³/mol. The van der Waals surface area contributed by atoms with Crippen molar-refractivity contribution in [2.75, 3.05) is 45.7 Å². The smallest absolute Gasteiger partial charge is 0.191 e. The zero-order chi connectivity index (χ0) is 18.1. The van der Waals surface area contributed by atoms with Crippen molar-refractivity contribution in [1.29, 1.82) is 0 Å². The van der Waals surface area contributed by atoms with Gasteiger partial charge in [0, 0.05) is 52.5 Å². The van der Waals surface area contributed by atoms with Gasteiger partial charge in [0.15, 0.2) is 5.96 Å². The van der Waals surface area contributed by atoms with Crippen molar-refractivity contribution in [2.45, 2.75) is 45.2 Å². The van der Waals surface area contributed by atoms with E-state index >= 15 is 0 Å². The van der Waals surface area contributed by atoms with E-state index in [0.29, 0.717) is 0 Å². The number of halogens is 1. The fourth-order valence-electron chi connectivity index (χ4n) is 3.49. The standard InChI is InChI=1S/C20H35N5.HI/c1-5-18-10-6-7-13-25(18)14-12-22-20(21-2)23-16-17-9-8-11-19(15-17)24(3)4;/h8-9,11,15,18H,5-7,10,12-14,16H2,1-4H3,(H2,21,22,23);1H. The van der Waals surface area contributed by atoms with Crippen LogP contribution in [0.5, 0.6) is 0 Å². The summed E-state index contributed by atoms with van der Waals surface area (Å²) >= 11 is 0. The number of piperidine rings is 1. The highest BCUT2D eigenvalue weighted by Gasteiger charge is 2.19. The van der Waals surface area contributed by atoms with Gasteiger partial charge in [-0.3, -0.25) is 9.89 Å². The van der Waals surface area contributed by atoms with Gasteiger partial charge in [-0.15, -0.1) is 24.0 Å². The SMILES string of the molecule is CCC1CCCCN1CCNC(=NC)NCc1cccc(N(C)C)c1.I. The number of anilines is 1. The van der Waals surface area contributed by atoms with Gasteiger partial charge in [-0.05, 0) is 43.5 Å². The molecule has 1 aromatic carbocycles. The first kappa shape index (κ1) is 23.0. The number of hydrogen-bond acceptors (Lipinski definition) is 3. The summed E-state index contributed by atoms with van der Waals surface area (Å²) in [7, 11) is 5.97. The molecule has 0 aromatic heterocycles. The highest BCUT2D eigenvalue weighted by Crippen LogP contribution is 2.18. The molecule has 1 atom stereocenters. The molecule has 6 heteroatoms. The summed E-state index contributed by atoms with van der Waals surface area (Å²) in [5, 5.41) is 6.87. The zero-order valence-corrected chi connectivity index (χ0v) is 19.1. The molecule has 148 valence electrons. The zero-order valence-electron chi connectivity index (χ0n) is 16.8. The van der Waals surface area contributed by atoms with Crippen LogP contribution in [-0.2, 0) is 6.54 Å². The average Bonchev–Trinajstić information content (AvgIpc) is 2.65. The molecule has 26 heavy (non-hydrogen) atoms. The minimum Gasteiger partial charge on any atom is -0.378 e. The molecule has 0 amide bonds. The summed E-state index contributed by atoms with van der Waals surface area (Å²) in [6.45, 7) is 6.36. The molecule has 1 aromatic rings. The molecule has 1 heterocycles. The molecule has 2 N–H and O–H groups in total. The Hall–Kier alpha value is -1.02. The van der Waals surface area contributed by atoms with E-state index in [4.69, 9.17) is 0 Å². The third-order valence-corrected chi connectivity index (χ3v) is 5.02. The Bertz CT molecular complexity index is 547. The first-order chi connectivity index (χ1) is 12.1. The molecule has 1 fully saturated rings. The van der Waals surface area contributed by atoms with E-state index in [2.05, 4.69) is 70.7 Å². The summed E-state index contributed by atoms with van der Waals surface area (Å²) in [5.74, 6) is 0.875. The molecular formula is C20H36IN5. The number of nitrogens with zero attached hydrogens (tertiary/aromatic N) is 3.